The van der Waals surface area contributed by atoms with Gasteiger partial charge in [-0.25, -0.2) is 0 Å². The van der Waals surface area contributed by atoms with Crippen LogP contribution in [-0.2, 0) is 6.42 Å². The highest BCUT2D eigenvalue weighted by Gasteiger charge is 2.10. The van der Waals surface area contributed by atoms with Gasteiger partial charge in [0, 0.05) is 17.1 Å². The average molecular weight is 299 g/mol. The molecule has 0 saturated carbocycles. The first kappa shape index (κ1) is 15.6. The first-order valence-corrected chi connectivity index (χ1v) is 7.47. The highest BCUT2D eigenvalue weighted by Crippen LogP contribution is 2.16. The fraction of sp³-hybridized carbons (Fsp3) is 0.278. The molecule has 0 spiro atoms. The quantitative estimate of drug-likeness (QED) is 0.882. The number of benzene rings is 2. The predicted molar refractivity (Wildman–Crippen MR) is 87.3 cm³/mol. The van der Waals surface area contributed by atoms with Gasteiger partial charge in [0.05, 0.1) is 11.6 Å². The van der Waals surface area contributed by atoms with Crippen molar-refractivity contribution in [3.8, 4) is 6.07 Å². The molecule has 2 aromatic rings. The Morgan fingerprint density at radius 2 is 1.86 bits per heavy atom. The SMILES string of the molecule is CC(Cc1ccc(Cl)cc1)NC(C)c1cccc(C#N)c1. The van der Waals surface area contributed by atoms with Crippen LogP contribution in [-0.4, -0.2) is 6.04 Å². The van der Waals surface area contributed by atoms with Crippen molar-refractivity contribution in [1.82, 2.24) is 5.32 Å². The Morgan fingerprint density at radius 1 is 1.14 bits per heavy atom. The molecule has 3 heteroatoms. The van der Waals surface area contributed by atoms with Crippen LogP contribution >= 0.6 is 11.6 Å². The third-order valence-electron chi connectivity index (χ3n) is 3.51. The van der Waals surface area contributed by atoms with E-state index < -0.39 is 0 Å². The van der Waals surface area contributed by atoms with Gasteiger partial charge in [0.1, 0.15) is 0 Å². The van der Waals surface area contributed by atoms with Crippen LogP contribution in [0.1, 0.15) is 36.6 Å². The number of halogens is 1. The zero-order valence-corrected chi connectivity index (χ0v) is 13.1. The lowest BCUT2D eigenvalue weighted by atomic mass is 10.0. The lowest BCUT2D eigenvalue weighted by molar-refractivity contribution is 0.477. The number of nitriles is 1. The van der Waals surface area contributed by atoms with Crippen LogP contribution in [0, 0.1) is 11.3 Å². The predicted octanol–water partition coefficient (Wildman–Crippen LogP) is 4.49. The Hall–Kier alpha value is -1.82. The fourth-order valence-electron chi connectivity index (χ4n) is 2.43. The number of nitrogens with one attached hydrogen (secondary N) is 1. The van der Waals surface area contributed by atoms with Crippen molar-refractivity contribution < 1.29 is 0 Å². The van der Waals surface area contributed by atoms with E-state index >= 15 is 0 Å². The van der Waals surface area contributed by atoms with Crippen molar-refractivity contribution in [2.75, 3.05) is 0 Å². The maximum Gasteiger partial charge on any atom is 0.0991 e. The molecule has 0 heterocycles. The summed E-state index contributed by atoms with van der Waals surface area (Å²) >= 11 is 5.90. The van der Waals surface area contributed by atoms with Crippen molar-refractivity contribution in [3.63, 3.8) is 0 Å². The van der Waals surface area contributed by atoms with Crippen LogP contribution in [0.3, 0.4) is 0 Å². The molecule has 2 nitrogen and oxygen atoms in total. The second-order valence-electron chi connectivity index (χ2n) is 5.36. The van der Waals surface area contributed by atoms with Crippen molar-refractivity contribution in [2.24, 2.45) is 0 Å². The van der Waals surface area contributed by atoms with Crippen LogP contribution in [0.5, 0.6) is 0 Å². The van der Waals surface area contributed by atoms with E-state index in [-0.39, 0.29) is 6.04 Å². The molecule has 108 valence electrons. The standard InChI is InChI=1S/C18H19ClN2/c1-13(10-15-6-8-18(19)9-7-15)21-14(2)17-5-3-4-16(11-17)12-20/h3-9,11,13-14,21H,10H2,1-2H3. The van der Waals surface area contributed by atoms with Crippen molar-refractivity contribution in [2.45, 2.75) is 32.4 Å². The van der Waals surface area contributed by atoms with Crippen LogP contribution in [0.25, 0.3) is 0 Å². The van der Waals surface area contributed by atoms with Gasteiger partial charge in [0.15, 0.2) is 0 Å². The minimum Gasteiger partial charge on any atom is -0.307 e. The zero-order valence-electron chi connectivity index (χ0n) is 12.3. The zero-order chi connectivity index (χ0) is 15.2. The maximum absolute atomic E-state index is 8.96. The molecule has 0 saturated heterocycles. The van der Waals surface area contributed by atoms with Gasteiger partial charge in [0.25, 0.3) is 0 Å². The molecule has 0 radical (unpaired) electrons. The minimum atomic E-state index is 0.209. The lowest BCUT2D eigenvalue weighted by Gasteiger charge is -2.20. The Labute approximate surface area is 131 Å². The van der Waals surface area contributed by atoms with Crippen LogP contribution in [0.2, 0.25) is 5.02 Å². The summed E-state index contributed by atoms with van der Waals surface area (Å²) in [4.78, 5) is 0. The van der Waals surface area contributed by atoms with E-state index in [2.05, 4.69) is 37.4 Å². The molecule has 0 aliphatic rings. The normalized spacial score (nSPS) is 13.4. The molecule has 0 amide bonds. The molecule has 1 N–H and O–H groups in total. The van der Waals surface area contributed by atoms with Gasteiger partial charge >= 0.3 is 0 Å². The van der Waals surface area contributed by atoms with Gasteiger partial charge in [-0.3, -0.25) is 0 Å². The molecular formula is C18H19ClN2. The van der Waals surface area contributed by atoms with Crippen LogP contribution < -0.4 is 5.32 Å². The van der Waals surface area contributed by atoms with E-state index in [0.29, 0.717) is 11.6 Å². The third-order valence-corrected chi connectivity index (χ3v) is 3.76. The summed E-state index contributed by atoms with van der Waals surface area (Å²) in [5.74, 6) is 0. The van der Waals surface area contributed by atoms with Gasteiger partial charge in [-0.15, -0.1) is 0 Å². The largest absolute Gasteiger partial charge is 0.307 e. The number of hydrogen-bond acceptors (Lipinski definition) is 2. The number of nitrogens with zero attached hydrogens (tertiary/aromatic N) is 1. The van der Waals surface area contributed by atoms with E-state index in [4.69, 9.17) is 16.9 Å². The lowest BCUT2D eigenvalue weighted by Crippen LogP contribution is -2.30. The molecule has 2 unspecified atom stereocenters. The minimum absolute atomic E-state index is 0.209. The van der Waals surface area contributed by atoms with Gasteiger partial charge in [-0.2, -0.15) is 5.26 Å². The monoisotopic (exact) mass is 298 g/mol. The molecular weight excluding hydrogens is 280 g/mol. The summed E-state index contributed by atoms with van der Waals surface area (Å²) in [5.41, 5.74) is 3.10. The average Bonchev–Trinajstić information content (AvgIpc) is 2.49. The summed E-state index contributed by atoms with van der Waals surface area (Å²) in [6, 6.07) is 18.4. The summed E-state index contributed by atoms with van der Waals surface area (Å²) < 4.78 is 0. The summed E-state index contributed by atoms with van der Waals surface area (Å²) in [5, 5.41) is 13.3. The number of hydrogen-bond donors (Lipinski definition) is 1. The second-order valence-corrected chi connectivity index (χ2v) is 5.79. The Balaban J connectivity index is 1.96. The molecule has 2 atom stereocenters. The third kappa shape index (κ3) is 4.60. The summed E-state index contributed by atoms with van der Waals surface area (Å²) in [6.45, 7) is 4.29. The molecule has 0 aliphatic heterocycles. The highest BCUT2D eigenvalue weighted by molar-refractivity contribution is 6.30. The molecule has 0 bridgehead atoms. The maximum atomic E-state index is 8.96. The molecule has 2 rings (SSSR count). The second kappa shape index (κ2) is 7.26. The van der Waals surface area contributed by atoms with Crippen LogP contribution in [0.15, 0.2) is 48.5 Å². The Morgan fingerprint density at radius 3 is 2.52 bits per heavy atom. The van der Waals surface area contributed by atoms with Crippen molar-refractivity contribution in [1.29, 1.82) is 5.26 Å². The fourth-order valence-corrected chi connectivity index (χ4v) is 2.56. The smallest absolute Gasteiger partial charge is 0.0991 e. The van der Waals surface area contributed by atoms with Crippen LogP contribution in [0.4, 0.5) is 0 Å². The summed E-state index contributed by atoms with van der Waals surface area (Å²) in [7, 11) is 0. The van der Waals surface area contributed by atoms with E-state index in [0.717, 1.165) is 17.0 Å². The molecule has 0 aliphatic carbocycles. The summed E-state index contributed by atoms with van der Waals surface area (Å²) in [6.07, 6.45) is 0.944. The highest BCUT2D eigenvalue weighted by atomic mass is 35.5. The first-order chi connectivity index (χ1) is 10.1. The Kier molecular flexibility index (Phi) is 5.38. The molecule has 2 aromatic carbocycles. The first-order valence-electron chi connectivity index (χ1n) is 7.09. The van der Waals surface area contributed by atoms with E-state index in [1.165, 1.54) is 5.56 Å². The number of rotatable bonds is 5. The van der Waals surface area contributed by atoms with Crippen molar-refractivity contribution >= 4 is 11.6 Å². The van der Waals surface area contributed by atoms with E-state index in [1.54, 1.807) is 0 Å². The molecule has 0 fully saturated rings. The van der Waals surface area contributed by atoms with Gasteiger partial charge in [0.2, 0.25) is 0 Å². The van der Waals surface area contributed by atoms with E-state index in [9.17, 15) is 0 Å². The van der Waals surface area contributed by atoms with E-state index in [1.807, 2.05) is 36.4 Å². The topological polar surface area (TPSA) is 35.8 Å². The Bertz CT molecular complexity index is 628. The van der Waals surface area contributed by atoms with Gasteiger partial charge < -0.3 is 5.32 Å². The van der Waals surface area contributed by atoms with Gasteiger partial charge in [-0.05, 0) is 55.7 Å². The van der Waals surface area contributed by atoms with Gasteiger partial charge in [-0.1, -0.05) is 35.9 Å². The molecule has 21 heavy (non-hydrogen) atoms. The van der Waals surface area contributed by atoms with Crippen molar-refractivity contribution in [3.05, 3.63) is 70.2 Å². The molecule has 0 aromatic heterocycles.